The number of benzene rings is 1. The van der Waals surface area contributed by atoms with E-state index in [1.807, 2.05) is 18.3 Å². The van der Waals surface area contributed by atoms with Crippen LogP contribution in [0.4, 0.5) is 5.95 Å². The fraction of sp³-hybridized carbons (Fsp3) is 0.455. The summed E-state index contributed by atoms with van der Waals surface area (Å²) in [6, 6.07) is 10.6. The molecule has 2 saturated carbocycles. The summed E-state index contributed by atoms with van der Waals surface area (Å²) in [7, 11) is 1.71. The predicted octanol–water partition coefficient (Wildman–Crippen LogP) is 4.00. The Morgan fingerprint density at radius 2 is 2.04 bits per heavy atom. The van der Waals surface area contributed by atoms with Crippen molar-refractivity contribution in [3.8, 4) is 17.0 Å². The third-order valence-corrected chi connectivity index (χ3v) is 5.98. The van der Waals surface area contributed by atoms with E-state index in [1.165, 1.54) is 18.4 Å². The van der Waals surface area contributed by atoms with Crippen LogP contribution >= 0.6 is 0 Å². The zero-order valence-electron chi connectivity index (χ0n) is 16.1. The number of aromatic nitrogens is 3. The van der Waals surface area contributed by atoms with Gasteiger partial charge >= 0.3 is 0 Å². The molecule has 2 fully saturated rings. The minimum absolute atomic E-state index is 0.223. The van der Waals surface area contributed by atoms with Crippen LogP contribution in [0.3, 0.4) is 0 Å². The maximum absolute atomic E-state index is 9.96. The Morgan fingerprint density at radius 1 is 1.14 bits per heavy atom. The van der Waals surface area contributed by atoms with Gasteiger partial charge in [0, 0.05) is 17.8 Å². The fourth-order valence-electron chi connectivity index (χ4n) is 4.34. The van der Waals surface area contributed by atoms with Gasteiger partial charge in [-0.2, -0.15) is 0 Å². The van der Waals surface area contributed by atoms with Crippen LogP contribution in [0, 0.1) is 0 Å². The summed E-state index contributed by atoms with van der Waals surface area (Å²) in [4.78, 5) is 0. The van der Waals surface area contributed by atoms with Crippen molar-refractivity contribution in [3.05, 3.63) is 42.1 Å². The summed E-state index contributed by atoms with van der Waals surface area (Å²) in [5, 5.41) is 22.6. The Kier molecular flexibility index (Phi) is 4.43. The van der Waals surface area contributed by atoms with Gasteiger partial charge in [-0.3, -0.25) is 4.40 Å². The molecule has 5 rings (SSSR count). The number of nitrogens with zero attached hydrogens (tertiary/aromatic N) is 3. The lowest BCUT2D eigenvalue weighted by atomic mass is 9.93. The van der Waals surface area contributed by atoms with Crippen molar-refractivity contribution < 1.29 is 9.84 Å². The molecule has 2 atom stereocenters. The van der Waals surface area contributed by atoms with E-state index >= 15 is 0 Å². The molecule has 146 valence electrons. The number of nitrogens with one attached hydrogen (secondary N) is 1. The Bertz CT molecular complexity index is 995. The molecule has 2 aliphatic carbocycles. The summed E-state index contributed by atoms with van der Waals surface area (Å²) in [5.74, 6) is 2.21. The van der Waals surface area contributed by atoms with E-state index in [0.717, 1.165) is 54.2 Å². The minimum atomic E-state index is -0.223. The van der Waals surface area contributed by atoms with Gasteiger partial charge in [-0.05, 0) is 80.3 Å². The number of methoxy groups -OCH3 is 1. The van der Waals surface area contributed by atoms with Gasteiger partial charge in [0.05, 0.1) is 18.7 Å². The molecule has 6 heteroatoms. The Hall–Kier alpha value is -2.60. The highest BCUT2D eigenvalue weighted by molar-refractivity contribution is 5.80. The van der Waals surface area contributed by atoms with Gasteiger partial charge < -0.3 is 15.2 Å². The van der Waals surface area contributed by atoms with Gasteiger partial charge in [-0.25, -0.2) is 0 Å². The topological polar surface area (TPSA) is 71.7 Å². The van der Waals surface area contributed by atoms with E-state index in [4.69, 9.17) is 4.74 Å². The van der Waals surface area contributed by atoms with Gasteiger partial charge in [0.1, 0.15) is 11.4 Å². The Labute approximate surface area is 164 Å². The molecular formula is C22H26N4O2. The number of hydrogen-bond donors (Lipinski definition) is 2. The van der Waals surface area contributed by atoms with Crippen molar-refractivity contribution in [2.24, 2.45) is 0 Å². The highest BCUT2D eigenvalue weighted by Crippen LogP contribution is 2.46. The summed E-state index contributed by atoms with van der Waals surface area (Å²) in [6.45, 7) is 0. The first-order valence-corrected chi connectivity index (χ1v) is 10.2. The van der Waals surface area contributed by atoms with E-state index < -0.39 is 0 Å². The van der Waals surface area contributed by atoms with E-state index in [0.29, 0.717) is 5.92 Å². The first-order valence-electron chi connectivity index (χ1n) is 10.2. The number of ether oxygens (including phenoxy) is 1. The molecule has 0 spiro atoms. The number of rotatable bonds is 5. The molecule has 0 amide bonds. The number of hydrogen-bond acceptors (Lipinski definition) is 5. The maximum Gasteiger partial charge on any atom is 0.228 e. The molecular weight excluding hydrogens is 352 g/mol. The van der Waals surface area contributed by atoms with Crippen molar-refractivity contribution >= 4 is 11.5 Å². The quantitative estimate of drug-likeness (QED) is 0.702. The van der Waals surface area contributed by atoms with E-state index in [2.05, 4.69) is 38.1 Å². The predicted molar refractivity (Wildman–Crippen MR) is 109 cm³/mol. The van der Waals surface area contributed by atoms with Crippen molar-refractivity contribution in [2.75, 3.05) is 12.4 Å². The SMILES string of the molecule is COc1ccc(-c2nnc(N[C@@H]3CCC[C@H](O)C3)n3cccc23)c(C2CC2)c1. The van der Waals surface area contributed by atoms with Crippen LogP contribution in [0.5, 0.6) is 5.75 Å². The second-order valence-corrected chi connectivity index (χ2v) is 8.02. The first kappa shape index (κ1) is 17.5. The Morgan fingerprint density at radius 3 is 2.82 bits per heavy atom. The molecule has 0 radical (unpaired) electrons. The number of aliphatic hydroxyl groups excluding tert-OH is 1. The van der Waals surface area contributed by atoms with E-state index in [1.54, 1.807) is 7.11 Å². The zero-order valence-corrected chi connectivity index (χ0v) is 16.1. The van der Waals surface area contributed by atoms with E-state index in [9.17, 15) is 5.11 Å². The number of aliphatic hydroxyl groups is 1. The molecule has 0 saturated heterocycles. The smallest absolute Gasteiger partial charge is 0.228 e. The van der Waals surface area contributed by atoms with Crippen molar-refractivity contribution in [2.45, 2.75) is 56.6 Å². The maximum atomic E-state index is 9.96. The second-order valence-electron chi connectivity index (χ2n) is 8.02. The van der Waals surface area contributed by atoms with Gasteiger partial charge in [0.15, 0.2) is 0 Å². The fourth-order valence-corrected chi connectivity index (χ4v) is 4.34. The average Bonchev–Trinajstić information content (AvgIpc) is 3.44. The van der Waals surface area contributed by atoms with Crippen LogP contribution in [0.25, 0.3) is 16.8 Å². The number of fused-ring (bicyclic) bond motifs is 1. The van der Waals surface area contributed by atoms with Crippen LogP contribution in [0.2, 0.25) is 0 Å². The summed E-state index contributed by atoms with van der Waals surface area (Å²) in [5.41, 5.74) is 4.39. The summed E-state index contributed by atoms with van der Waals surface area (Å²) in [6.07, 6.45) is 7.97. The third kappa shape index (κ3) is 3.22. The molecule has 2 N–H and O–H groups in total. The Balaban J connectivity index is 1.53. The molecule has 0 aliphatic heterocycles. The van der Waals surface area contributed by atoms with Gasteiger partial charge in [-0.15, -0.1) is 10.2 Å². The average molecular weight is 378 g/mol. The van der Waals surface area contributed by atoms with E-state index in [-0.39, 0.29) is 12.1 Å². The monoisotopic (exact) mass is 378 g/mol. The van der Waals surface area contributed by atoms with Gasteiger partial charge in [-0.1, -0.05) is 0 Å². The lowest BCUT2D eigenvalue weighted by molar-refractivity contribution is 0.124. The molecule has 2 aromatic heterocycles. The molecule has 3 aromatic rings. The molecule has 28 heavy (non-hydrogen) atoms. The molecule has 6 nitrogen and oxygen atoms in total. The standard InChI is InChI=1S/C22H26N4O2/c1-28-17-9-10-18(19(13-17)14-7-8-14)21-20-6-3-11-26(20)22(25-24-21)23-15-4-2-5-16(27)12-15/h3,6,9-11,13-16,27H,2,4-5,7-8,12H2,1H3,(H,23,25)/t15-,16+/m1/s1. The molecule has 1 aromatic carbocycles. The number of anilines is 1. The normalized spacial score (nSPS) is 22.4. The van der Waals surface area contributed by atoms with Gasteiger partial charge in [0.2, 0.25) is 5.95 Å². The van der Waals surface area contributed by atoms with Crippen LogP contribution < -0.4 is 10.1 Å². The largest absolute Gasteiger partial charge is 0.497 e. The van der Waals surface area contributed by atoms with Crippen molar-refractivity contribution in [3.63, 3.8) is 0 Å². The van der Waals surface area contributed by atoms with Crippen LogP contribution in [0.15, 0.2) is 36.5 Å². The lowest BCUT2D eigenvalue weighted by Crippen LogP contribution is -2.31. The highest BCUT2D eigenvalue weighted by atomic mass is 16.5. The first-order chi connectivity index (χ1) is 13.7. The second kappa shape index (κ2) is 7.09. The highest BCUT2D eigenvalue weighted by Gasteiger charge is 2.28. The third-order valence-electron chi connectivity index (χ3n) is 5.98. The van der Waals surface area contributed by atoms with Gasteiger partial charge in [0.25, 0.3) is 0 Å². The van der Waals surface area contributed by atoms with Crippen LogP contribution in [-0.4, -0.2) is 39.0 Å². The summed E-state index contributed by atoms with van der Waals surface area (Å²) < 4.78 is 7.51. The van der Waals surface area contributed by atoms with Crippen LogP contribution in [0.1, 0.15) is 50.0 Å². The van der Waals surface area contributed by atoms with Crippen molar-refractivity contribution in [1.82, 2.24) is 14.6 Å². The molecule has 0 bridgehead atoms. The van der Waals surface area contributed by atoms with Crippen LogP contribution in [-0.2, 0) is 0 Å². The summed E-state index contributed by atoms with van der Waals surface area (Å²) >= 11 is 0. The van der Waals surface area contributed by atoms with Crippen molar-refractivity contribution in [1.29, 1.82) is 0 Å². The molecule has 2 aliphatic rings. The minimum Gasteiger partial charge on any atom is -0.497 e. The molecule has 2 heterocycles. The lowest BCUT2D eigenvalue weighted by Gasteiger charge is -2.27. The zero-order chi connectivity index (χ0) is 19.1. The molecule has 0 unspecified atom stereocenters.